The molecule has 114 valence electrons. The van der Waals surface area contributed by atoms with Crippen LogP contribution in [0.15, 0.2) is 24.3 Å². The van der Waals surface area contributed by atoms with Crippen molar-refractivity contribution in [2.24, 2.45) is 0 Å². The molecular formula is C16H16N2O4. The Labute approximate surface area is 127 Å². The lowest BCUT2D eigenvalue weighted by molar-refractivity contribution is 0.0559. The van der Waals surface area contributed by atoms with Gasteiger partial charge >= 0.3 is 11.9 Å². The van der Waals surface area contributed by atoms with Gasteiger partial charge in [-0.2, -0.15) is 0 Å². The number of carbonyl (C=O) groups excluding carboxylic acids is 2. The van der Waals surface area contributed by atoms with Crippen molar-refractivity contribution in [2.75, 3.05) is 33.2 Å². The van der Waals surface area contributed by atoms with Crippen LogP contribution in [0.2, 0.25) is 0 Å². The standard InChI is InChI=1S/C16H16N2O4/c1-17(2)10-7-9-5-6-11-13(15(19)21-3)14(16(20)22-4)12(8-10)18(9)11/h5-8H,1-4H3. The van der Waals surface area contributed by atoms with Crippen LogP contribution in [-0.2, 0) is 9.47 Å². The third kappa shape index (κ3) is 1.80. The average molecular weight is 300 g/mol. The van der Waals surface area contributed by atoms with E-state index in [1.54, 1.807) is 6.07 Å². The fraction of sp³-hybridized carbons (Fsp3) is 0.250. The molecule has 0 saturated carbocycles. The molecule has 0 aliphatic heterocycles. The van der Waals surface area contributed by atoms with Gasteiger partial charge in [-0.05, 0) is 24.3 Å². The van der Waals surface area contributed by atoms with Crippen LogP contribution in [0.4, 0.5) is 5.69 Å². The first-order valence-electron chi connectivity index (χ1n) is 6.74. The normalized spacial score (nSPS) is 11.1. The summed E-state index contributed by atoms with van der Waals surface area (Å²) in [6.07, 6.45) is 0. The van der Waals surface area contributed by atoms with Crippen LogP contribution in [0.25, 0.3) is 16.6 Å². The molecule has 0 aliphatic carbocycles. The summed E-state index contributed by atoms with van der Waals surface area (Å²) < 4.78 is 11.6. The van der Waals surface area contributed by atoms with Crippen molar-refractivity contribution in [1.29, 1.82) is 0 Å². The third-order valence-electron chi connectivity index (χ3n) is 3.79. The quantitative estimate of drug-likeness (QED) is 0.694. The number of anilines is 1. The Kier molecular flexibility index (Phi) is 3.16. The molecule has 6 heteroatoms. The summed E-state index contributed by atoms with van der Waals surface area (Å²) in [4.78, 5) is 26.3. The molecule has 0 radical (unpaired) electrons. The molecule has 3 aromatic rings. The van der Waals surface area contributed by atoms with E-state index in [4.69, 9.17) is 9.47 Å². The molecule has 0 unspecified atom stereocenters. The molecule has 0 saturated heterocycles. The van der Waals surface area contributed by atoms with Crippen molar-refractivity contribution >= 4 is 34.2 Å². The number of nitrogens with zero attached hydrogens (tertiary/aromatic N) is 2. The van der Waals surface area contributed by atoms with Crippen LogP contribution in [0, 0.1) is 0 Å². The Morgan fingerprint density at radius 3 is 2.09 bits per heavy atom. The van der Waals surface area contributed by atoms with Crippen LogP contribution in [0.3, 0.4) is 0 Å². The minimum absolute atomic E-state index is 0.235. The lowest BCUT2D eigenvalue weighted by atomic mass is 10.1. The van der Waals surface area contributed by atoms with Gasteiger partial charge in [0.05, 0.1) is 25.3 Å². The zero-order chi connectivity index (χ0) is 16.0. The summed E-state index contributed by atoms with van der Waals surface area (Å²) in [6, 6.07) is 7.56. The van der Waals surface area contributed by atoms with Crippen LogP contribution < -0.4 is 4.90 Å². The largest absolute Gasteiger partial charge is 0.465 e. The molecule has 6 nitrogen and oxygen atoms in total. The molecular weight excluding hydrogens is 284 g/mol. The van der Waals surface area contributed by atoms with Crippen molar-refractivity contribution < 1.29 is 19.1 Å². The first kappa shape index (κ1) is 14.2. The van der Waals surface area contributed by atoms with Gasteiger partial charge < -0.3 is 18.8 Å². The van der Waals surface area contributed by atoms with Gasteiger partial charge in [-0.15, -0.1) is 0 Å². The second-order valence-corrected chi connectivity index (χ2v) is 5.21. The zero-order valence-electron chi connectivity index (χ0n) is 12.8. The highest BCUT2D eigenvalue weighted by Gasteiger charge is 2.28. The molecule has 0 aliphatic rings. The van der Waals surface area contributed by atoms with Gasteiger partial charge in [0.1, 0.15) is 11.1 Å². The van der Waals surface area contributed by atoms with Crippen molar-refractivity contribution in [2.45, 2.75) is 0 Å². The summed E-state index contributed by atoms with van der Waals surface area (Å²) in [5, 5.41) is 0. The highest BCUT2D eigenvalue weighted by atomic mass is 16.5. The first-order chi connectivity index (χ1) is 10.5. The summed E-state index contributed by atoms with van der Waals surface area (Å²) in [5.74, 6) is -1.11. The molecule has 3 rings (SSSR count). The number of hydrogen-bond acceptors (Lipinski definition) is 5. The van der Waals surface area contributed by atoms with E-state index in [1.807, 2.05) is 41.6 Å². The van der Waals surface area contributed by atoms with E-state index in [9.17, 15) is 9.59 Å². The molecule has 0 amide bonds. The summed E-state index contributed by atoms with van der Waals surface area (Å²) in [6.45, 7) is 0. The number of pyridine rings is 1. The molecule has 3 heterocycles. The molecule has 3 aromatic heterocycles. The number of carbonyl (C=O) groups is 2. The number of hydrogen-bond donors (Lipinski definition) is 0. The van der Waals surface area contributed by atoms with Crippen molar-refractivity contribution in [3.8, 4) is 0 Å². The Bertz CT molecular complexity index is 879. The van der Waals surface area contributed by atoms with E-state index in [2.05, 4.69) is 0 Å². The predicted molar refractivity (Wildman–Crippen MR) is 83.1 cm³/mol. The van der Waals surface area contributed by atoms with Gasteiger partial charge in [-0.1, -0.05) is 0 Å². The zero-order valence-corrected chi connectivity index (χ0v) is 12.8. The average Bonchev–Trinajstić information content (AvgIpc) is 3.08. The van der Waals surface area contributed by atoms with Gasteiger partial charge in [0.2, 0.25) is 0 Å². The Hall–Kier alpha value is -2.76. The summed E-state index contributed by atoms with van der Waals surface area (Å²) in [5.41, 5.74) is 3.58. The lowest BCUT2D eigenvalue weighted by Crippen LogP contribution is -2.11. The van der Waals surface area contributed by atoms with Gasteiger partial charge in [0.25, 0.3) is 0 Å². The van der Waals surface area contributed by atoms with Crippen molar-refractivity contribution in [3.05, 3.63) is 35.4 Å². The molecule has 22 heavy (non-hydrogen) atoms. The smallest absolute Gasteiger partial charge is 0.340 e. The number of ether oxygens (including phenoxy) is 2. The van der Waals surface area contributed by atoms with E-state index in [1.165, 1.54) is 14.2 Å². The van der Waals surface area contributed by atoms with E-state index in [0.29, 0.717) is 11.0 Å². The van der Waals surface area contributed by atoms with Gasteiger partial charge in [0.15, 0.2) is 0 Å². The predicted octanol–water partition coefficient (Wildman–Crippen LogP) is 2.17. The number of methoxy groups -OCH3 is 2. The fourth-order valence-corrected chi connectivity index (χ4v) is 2.74. The van der Waals surface area contributed by atoms with Crippen LogP contribution in [0.1, 0.15) is 20.7 Å². The van der Waals surface area contributed by atoms with E-state index >= 15 is 0 Å². The summed E-state index contributed by atoms with van der Waals surface area (Å²) in [7, 11) is 6.42. The van der Waals surface area contributed by atoms with Crippen LogP contribution in [-0.4, -0.2) is 44.7 Å². The molecule has 0 spiro atoms. The number of rotatable bonds is 3. The SMILES string of the molecule is COC(=O)c1c(C(=O)OC)c2cc(N(C)C)cc3ccc1n32. The van der Waals surface area contributed by atoms with Crippen molar-refractivity contribution in [3.63, 3.8) is 0 Å². The third-order valence-corrected chi connectivity index (χ3v) is 3.79. The second-order valence-electron chi connectivity index (χ2n) is 5.21. The number of esters is 2. The molecule has 0 fully saturated rings. The molecule has 0 aromatic carbocycles. The highest BCUT2D eigenvalue weighted by molar-refractivity contribution is 6.15. The Morgan fingerprint density at radius 1 is 0.955 bits per heavy atom. The Morgan fingerprint density at radius 2 is 1.55 bits per heavy atom. The van der Waals surface area contributed by atoms with Gasteiger partial charge in [-0.3, -0.25) is 0 Å². The fourth-order valence-electron chi connectivity index (χ4n) is 2.74. The maximum atomic E-state index is 12.2. The lowest BCUT2D eigenvalue weighted by Gasteiger charge is -2.13. The Balaban J connectivity index is 2.47. The highest BCUT2D eigenvalue weighted by Crippen LogP contribution is 2.33. The van der Waals surface area contributed by atoms with E-state index in [-0.39, 0.29) is 11.1 Å². The van der Waals surface area contributed by atoms with Crippen LogP contribution in [0.5, 0.6) is 0 Å². The molecule has 0 N–H and O–H groups in total. The number of aromatic nitrogens is 1. The topological polar surface area (TPSA) is 60.3 Å². The summed E-state index contributed by atoms with van der Waals surface area (Å²) >= 11 is 0. The minimum atomic E-state index is -0.554. The molecule has 0 atom stereocenters. The van der Waals surface area contributed by atoms with Gasteiger partial charge in [0, 0.05) is 25.3 Å². The first-order valence-corrected chi connectivity index (χ1v) is 6.74. The van der Waals surface area contributed by atoms with Gasteiger partial charge in [-0.25, -0.2) is 9.59 Å². The van der Waals surface area contributed by atoms with E-state index in [0.717, 1.165) is 11.2 Å². The molecule has 0 bridgehead atoms. The van der Waals surface area contributed by atoms with Crippen molar-refractivity contribution in [1.82, 2.24) is 4.40 Å². The monoisotopic (exact) mass is 300 g/mol. The second kappa shape index (κ2) is 4.91. The minimum Gasteiger partial charge on any atom is -0.465 e. The maximum Gasteiger partial charge on any atom is 0.340 e. The van der Waals surface area contributed by atoms with E-state index < -0.39 is 11.9 Å². The maximum absolute atomic E-state index is 12.2. The van der Waals surface area contributed by atoms with Crippen LogP contribution >= 0.6 is 0 Å².